The highest BCUT2D eigenvalue weighted by atomic mass is 35.5. The zero-order chi connectivity index (χ0) is 13.8. The number of carbonyl (C=O) groups is 1. The maximum atomic E-state index is 12.6. The molecule has 1 rings (SSSR count). The Balaban J connectivity index is 2.89. The van der Waals surface area contributed by atoms with E-state index in [1.807, 2.05) is 0 Å². The average molecular weight is 279 g/mol. The Hall–Kier alpha value is -1.49. The molecule has 0 saturated carbocycles. The zero-order valence-corrected chi connectivity index (χ0v) is 10.2. The molecule has 0 aromatic heterocycles. The van der Waals surface area contributed by atoms with E-state index in [0.29, 0.717) is 5.56 Å². The first-order valence-electron chi connectivity index (χ1n) is 4.94. The molecule has 0 aliphatic heterocycles. The summed E-state index contributed by atoms with van der Waals surface area (Å²) in [5.74, 6) is -0.462. The van der Waals surface area contributed by atoms with Crippen LogP contribution in [0.25, 0.3) is 6.08 Å². The average Bonchev–Trinajstić information content (AvgIpc) is 2.29. The van der Waals surface area contributed by atoms with E-state index in [0.717, 1.165) is 6.07 Å². The van der Waals surface area contributed by atoms with Gasteiger partial charge in [-0.1, -0.05) is 29.8 Å². The van der Waals surface area contributed by atoms with Gasteiger partial charge in [0.1, 0.15) is 0 Å². The molecule has 1 aromatic carbocycles. The van der Waals surface area contributed by atoms with Crippen molar-refractivity contribution in [2.24, 2.45) is 0 Å². The lowest BCUT2D eigenvalue weighted by molar-refractivity contribution is -0.139. The van der Waals surface area contributed by atoms with E-state index in [1.54, 1.807) is 0 Å². The van der Waals surface area contributed by atoms with Crippen LogP contribution in [0.1, 0.15) is 17.5 Å². The normalized spacial score (nSPS) is 11.8. The first-order valence-corrected chi connectivity index (χ1v) is 5.32. The topological polar surface area (TPSA) is 26.3 Å². The van der Waals surface area contributed by atoms with Crippen LogP contribution in [0.15, 0.2) is 24.3 Å². The summed E-state index contributed by atoms with van der Waals surface area (Å²) in [5.41, 5.74) is -0.583. The van der Waals surface area contributed by atoms with Gasteiger partial charge in [-0.2, -0.15) is 13.2 Å². The van der Waals surface area contributed by atoms with Crippen LogP contribution < -0.4 is 0 Å². The van der Waals surface area contributed by atoms with Crippen molar-refractivity contribution in [1.82, 2.24) is 0 Å². The number of methoxy groups -OCH3 is 1. The van der Waals surface area contributed by atoms with Crippen molar-refractivity contribution in [3.63, 3.8) is 0 Å². The molecule has 0 fully saturated rings. The Morgan fingerprint density at radius 1 is 1.44 bits per heavy atom. The minimum Gasteiger partial charge on any atom is -0.469 e. The lowest BCUT2D eigenvalue weighted by atomic mass is 10.1. The third kappa shape index (κ3) is 4.07. The van der Waals surface area contributed by atoms with Gasteiger partial charge >= 0.3 is 12.1 Å². The molecule has 0 spiro atoms. The third-order valence-electron chi connectivity index (χ3n) is 2.12. The van der Waals surface area contributed by atoms with E-state index < -0.39 is 17.7 Å². The second-order valence-electron chi connectivity index (χ2n) is 3.42. The smallest absolute Gasteiger partial charge is 0.417 e. The summed E-state index contributed by atoms with van der Waals surface area (Å²) in [6.07, 6.45) is -1.67. The largest absolute Gasteiger partial charge is 0.469 e. The maximum Gasteiger partial charge on any atom is 0.417 e. The molecule has 0 heterocycles. The minimum atomic E-state index is -4.50. The van der Waals surface area contributed by atoms with Crippen LogP contribution >= 0.6 is 11.6 Å². The van der Waals surface area contributed by atoms with Crippen LogP contribution in [0.2, 0.25) is 5.02 Å². The number of carbonyl (C=O) groups excluding carboxylic acids is 1. The van der Waals surface area contributed by atoms with Crippen molar-refractivity contribution in [3.8, 4) is 0 Å². The fourth-order valence-electron chi connectivity index (χ4n) is 1.24. The predicted molar refractivity (Wildman–Crippen MR) is 62.1 cm³/mol. The summed E-state index contributed by atoms with van der Waals surface area (Å²) >= 11 is 5.47. The molecule has 0 radical (unpaired) electrons. The molecule has 0 amide bonds. The van der Waals surface area contributed by atoms with Gasteiger partial charge in [0.15, 0.2) is 0 Å². The maximum absolute atomic E-state index is 12.6. The van der Waals surface area contributed by atoms with Crippen molar-refractivity contribution in [3.05, 3.63) is 40.4 Å². The zero-order valence-electron chi connectivity index (χ0n) is 9.42. The Morgan fingerprint density at radius 3 is 2.67 bits per heavy atom. The first-order chi connectivity index (χ1) is 8.34. The van der Waals surface area contributed by atoms with E-state index in [4.69, 9.17) is 11.6 Å². The Labute approximate surface area is 107 Å². The summed E-state index contributed by atoms with van der Waals surface area (Å²) in [4.78, 5) is 10.8. The van der Waals surface area contributed by atoms with Crippen molar-refractivity contribution in [2.75, 3.05) is 7.11 Å². The Bertz CT molecular complexity index is 467. The van der Waals surface area contributed by atoms with Gasteiger partial charge in [-0.25, -0.2) is 0 Å². The number of rotatable bonds is 3. The van der Waals surface area contributed by atoms with Crippen molar-refractivity contribution >= 4 is 23.6 Å². The van der Waals surface area contributed by atoms with E-state index in [-0.39, 0.29) is 11.4 Å². The molecule has 1 aromatic rings. The van der Waals surface area contributed by atoms with Crippen LogP contribution in [0, 0.1) is 0 Å². The van der Waals surface area contributed by atoms with Gasteiger partial charge < -0.3 is 4.74 Å². The van der Waals surface area contributed by atoms with Crippen molar-refractivity contribution < 1.29 is 22.7 Å². The van der Waals surface area contributed by atoms with E-state index in [9.17, 15) is 18.0 Å². The molecule has 0 bridgehead atoms. The van der Waals surface area contributed by atoms with Crippen LogP contribution in [-0.2, 0) is 15.7 Å². The number of ether oxygens (including phenoxy) is 1. The summed E-state index contributed by atoms with van der Waals surface area (Å²) < 4.78 is 42.0. The molecule has 0 atom stereocenters. The van der Waals surface area contributed by atoms with E-state index >= 15 is 0 Å². The van der Waals surface area contributed by atoms with Crippen LogP contribution in [-0.4, -0.2) is 13.1 Å². The number of benzene rings is 1. The second-order valence-corrected chi connectivity index (χ2v) is 3.83. The molecular weight excluding hydrogens is 269 g/mol. The monoisotopic (exact) mass is 278 g/mol. The molecule has 0 aliphatic carbocycles. The summed E-state index contributed by atoms with van der Waals surface area (Å²) in [6, 6.07) is 3.53. The van der Waals surface area contributed by atoms with Gasteiger partial charge in [0.25, 0.3) is 0 Å². The van der Waals surface area contributed by atoms with Crippen LogP contribution in [0.3, 0.4) is 0 Å². The second kappa shape index (κ2) is 5.91. The molecule has 2 nitrogen and oxygen atoms in total. The van der Waals surface area contributed by atoms with Crippen molar-refractivity contribution in [2.45, 2.75) is 12.6 Å². The molecule has 6 heteroatoms. The fraction of sp³-hybridized carbons (Fsp3) is 0.250. The molecule has 0 saturated heterocycles. The lowest BCUT2D eigenvalue weighted by Crippen LogP contribution is -2.05. The molecule has 98 valence electrons. The van der Waals surface area contributed by atoms with Gasteiger partial charge in [-0.15, -0.1) is 0 Å². The summed E-state index contributed by atoms with van der Waals surface area (Å²) in [7, 11) is 1.24. The van der Waals surface area contributed by atoms with Gasteiger partial charge in [0.2, 0.25) is 0 Å². The summed E-state index contributed by atoms with van der Waals surface area (Å²) in [6.45, 7) is 0. The minimum absolute atomic E-state index is 0.000474. The van der Waals surface area contributed by atoms with Crippen LogP contribution in [0.5, 0.6) is 0 Å². The number of hydrogen-bond donors (Lipinski definition) is 0. The number of hydrogen-bond acceptors (Lipinski definition) is 2. The summed E-state index contributed by atoms with van der Waals surface area (Å²) in [5, 5.41) is -0.354. The van der Waals surface area contributed by atoms with E-state index in [1.165, 1.54) is 31.4 Å². The fourth-order valence-corrected chi connectivity index (χ4v) is 1.46. The van der Waals surface area contributed by atoms with Crippen LogP contribution in [0.4, 0.5) is 13.2 Å². The highest BCUT2D eigenvalue weighted by Crippen LogP contribution is 2.35. The van der Waals surface area contributed by atoms with Gasteiger partial charge in [0, 0.05) is 0 Å². The first kappa shape index (κ1) is 14.6. The molecule has 0 N–H and O–H groups in total. The predicted octanol–water partition coefficient (Wildman–Crippen LogP) is 3.94. The molecule has 18 heavy (non-hydrogen) atoms. The molecule has 0 aliphatic rings. The Morgan fingerprint density at radius 2 is 2.11 bits per heavy atom. The standard InChI is InChI=1S/C12H10ClF3O2/c1-18-11(17)4-2-3-8-5-6-10(13)9(7-8)12(14,15)16/h2-3,5-7H,4H2,1H3. The highest BCUT2D eigenvalue weighted by molar-refractivity contribution is 6.31. The lowest BCUT2D eigenvalue weighted by Gasteiger charge is -2.09. The number of halogens is 4. The SMILES string of the molecule is COC(=O)CC=Cc1ccc(Cl)c(C(F)(F)F)c1. The third-order valence-corrected chi connectivity index (χ3v) is 2.45. The number of esters is 1. The number of alkyl halides is 3. The van der Waals surface area contributed by atoms with Gasteiger partial charge in [0.05, 0.1) is 24.1 Å². The Kier molecular flexibility index (Phi) is 4.78. The molecular formula is C12H10ClF3O2. The molecule has 0 unspecified atom stereocenters. The quantitative estimate of drug-likeness (QED) is 0.783. The van der Waals surface area contributed by atoms with Gasteiger partial charge in [-0.3, -0.25) is 4.79 Å². The highest BCUT2D eigenvalue weighted by Gasteiger charge is 2.33. The van der Waals surface area contributed by atoms with E-state index in [2.05, 4.69) is 4.74 Å². The van der Waals surface area contributed by atoms with Gasteiger partial charge in [-0.05, 0) is 17.7 Å². The van der Waals surface area contributed by atoms with Crippen molar-refractivity contribution in [1.29, 1.82) is 0 Å².